The van der Waals surface area contributed by atoms with Crippen molar-refractivity contribution in [3.63, 3.8) is 0 Å². The average molecular weight is 436 g/mol. The molecular formula is C20H14ClN7O3. The summed E-state index contributed by atoms with van der Waals surface area (Å²) in [5.41, 5.74) is 2.94. The molecule has 0 spiro atoms. The van der Waals surface area contributed by atoms with Gasteiger partial charge in [-0.3, -0.25) is 4.79 Å². The van der Waals surface area contributed by atoms with E-state index in [0.717, 1.165) is 11.1 Å². The number of carbonyl (C=O) groups excluding carboxylic acids is 1. The third-order valence-corrected chi connectivity index (χ3v) is 5.29. The van der Waals surface area contributed by atoms with Gasteiger partial charge in [0.25, 0.3) is 5.56 Å². The van der Waals surface area contributed by atoms with E-state index in [1.165, 1.54) is 7.11 Å². The van der Waals surface area contributed by atoms with Gasteiger partial charge in [0.05, 0.1) is 18.4 Å². The predicted molar refractivity (Wildman–Crippen MR) is 111 cm³/mol. The largest absolute Gasteiger partial charge is 0.465 e. The van der Waals surface area contributed by atoms with Crippen LogP contribution < -0.4 is 10.9 Å². The van der Waals surface area contributed by atoms with E-state index in [9.17, 15) is 9.59 Å². The standard InChI is InChI=1S/C20H14ClN7O3/c1-31-19(30)12-4-2-11(3-5-12)17-14-15(10-6-8-13(21)9-7-10)23-24-18(29)16(14)22-20-25-26-27-28(17)20/h2-9,17H,1H3,(H,24,29)(H,22,25,27)/t17-/m0/s1. The average Bonchev–Trinajstić information content (AvgIpc) is 3.27. The van der Waals surface area contributed by atoms with Gasteiger partial charge in [0, 0.05) is 16.1 Å². The Morgan fingerprint density at radius 1 is 1.13 bits per heavy atom. The van der Waals surface area contributed by atoms with E-state index in [2.05, 4.69) is 31.0 Å². The second kappa shape index (κ2) is 7.33. The Balaban J connectivity index is 1.74. The highest BCUT2D eigenvalue weighted by Crippen LogP contribution is 2.41. The summed E-state index contributed by atoms with van der Waals surface area (Å²) in [6, 6.07) is 13.4. The Hall–Kier alpha value is -4.05. The quantitative estimate of drug-likeness (QED) is 0.414. The molecule has 0 saturated carbocycles. The summed E-state index contributed by atoms with van der Waals surface area (Å²) < 4.78 is 6.34. The molecule has 0 unspecified atom stereocenters. The van der Waals surface area contributed by atoms with Crippen molar-refractivity contribution in [3.05, 3.63) is 80.6 Å². The van der Waals surface area contributed by atoms with E-state index < -0.39 is 17.6 Å². The molecule has 0 radical (unpaired) electrons. The molecule has 0 aliphatic carbocycles. The SMILES string of the molecule is COC(=O)c1ccc([C@H]2c3c(-c4ccc(Cl)cc4)n[nH]c(=O)c3Nc3nnnn32)cc1. The molecule has 2 N–H and O–H groups in total. The lowest BCUT2D eigenvalue weighted by Crippen LogP contribution is -2.29. The van der Waals surface area contributed by atoms with Gasteiger partial charge in [-0.1, -0.05) is 41.0 Å². The van der Waals surface area contributed by atoms with Gasteiger partial charge >= 0.3 is 5.97 Å². The van der Waals surface area contributed by atoms with Crippen LogP contribution in [0.1, 0.15) is 27.5 Å². The van der Waals surface area contributed by atoms with Crippen molar-refractivity contribution in [2.75, 3.05) is 12.4 Å². The molecular weight excluding hydrogens is 422 g/mol. The number of halogens is 1. The molecule has 2 aromatic heterocycles. The van der Waals surface area contributed by atoms with E-state index in [0.29, 0.717) is 33.5 Å². The highest BCUT2D eigenvalue weighted by molar-refractivity contribution is 6.30. The van der Waals surface area contributed by atoms with Crippen molar-refractivity contribution in [2.45, 2.75) is 6.04 Å². The number of ether oxygens (including phenoxy) is 1. The number of aromatic nitrogens is 6. The van der Waals surface area contributed by atoms with Crippen LogP contribution in [-0.2, 0) is 4.74 Å². The molecule has 0 saturated heterocycles. The number of methoxy groups -OCH3 is 1. The maximum absolute atomic E-state index is 12.7. The normalized spacial score (nSPS) is 14.3. The number of anilines is 2. The predicted octanol–water partition coefficient (Wildman–Crippen LogP) is 2.56. The summed E-state index contributed by atoms with van der Waals surface area (Å²) in [7, 11) is 1.32. The summed E-state index contributed by atoms with van der Waals surface area (Å²) in [6.07, 6.45) is 0. The minimum absolute atomic E-state index is 0.296. The Kier molecular flexibility index (Phi) is 4.48. The van der Waals surface area contributed by atoms with Gasteiger partial charge in [-0.15, -0.1) is 0 Å². The summed E-state index contributed by atoms with van der Waals surface area (Å²) in [4.78, 5) is 24.5. The Morgan fingerprint density at radius 3 is 2.58 bits per heavy atom. The zero-order valence-electron chi connectivity index (χ0n) is 16.0. The molecule has 154 valence electrons. The van der Waals surface area contributed by atoms with E-state index in [1.54, 1.807) is 41.1 Å². The van der Waals surface area contributed by atoms with E-state index in [-0.39, 0.29) is 0 Å². The first-order chi connectivity index (χ1) is 15.1. The van der Waals surface area contributed by atoms with Crippen LogP contribution in [0.3, 0.4) is 0 Å². The number of H-pyrrole nitrogens is 1. The van der Waals surface area contributed by atoms with Gasteiger partial charge in [-0.25, -0.2) is 9.89 Å². The molecule has 0 amide bonds. The van der Waals surface area contributed by atoms with Gasteiger partial charge in [0.2, 0.25) is 5.95 Å². The molecule has 1 atom stereocenters. The van der Waals surface area contributed by atoms with Crippen LogP contribution >= 0.6 is 11.6 Å². The number of nitrogens with zero attached hydrogens (tertiary/aromatic N) is 5. The second-order valence-electron chi connectivity index (χ2n) is 6.79. The summed E-state index contributed by atoms with van der Waals surface area (Å²) >= 11 is 6.04. The zero-order chi connectivity index (χ0) is 21.5. The maximum Gasteiger partial charge on any atom is 0.337 e. The molecule has 4 aromatic rings. The molecule has 2 aromatic carbocycles. The Bertz CT molecular complexity index is 1350. The van der Waals surface area contributed by atoms with Crippen molar-refractivity contribution < 1.29 is 9.53 Å². The van der Waals surface area contributed by atoms with Crippen LogP contribution in [-0.4, -0.2) is 43.5 Å². The lowest BCUT2D eigenvalue weighted by molar-refractivity contribution is 0.0600. The Morgan fingerprint density at radius 2 is 1.87 bits per heavy atom. The smallest absolute Gasteiger partial charge is 0.337 e. The van der Waals surface area contributed by atoms with Gasteiger partial charge in [-0.05, 0) is 40.3 Å². The lowest BCUT2D eigenvalue weighted by Gasteiger charge is -2.27. The van der Waals surface area contributed by atoms with Crippen LogP contribution in [0.25, 0.3) is 11.3 Å². The van der Waals surface area contributed by atoms with Crippen molar-refractivity contribution in [2.24, 2.45) is 0 Å². The molecule has 0 fully saturated rings. The van der Waals surface area contributed by atoms with Gasteiger partial charge in [0.15, 0.2) is 0 Å². The molecule has 5 rings (SSSR count). The highest BCUT2D eigenvalue weighted by Gasteiger charge is 2.34. The fourth-order valence-corrected chi connectivity index (χ4v) is 3.72. The summed E-state index contributed by atoms with van der Waals surface area (Å²) in [6.45, 7) is 0. The number of tetrazole rings is 1. The summed E-state index contributed by atoms with van der Waals surface area (Å²) in [5.74, 6) is -0.131. The van der Waals surface area contributed by atoms with E-state index >= 15 is 0 Å². The van der Waals surface area contributed by atoms with E-state index in [1.807, 2.05) is 12.1 Å². The highest BCUT2D eigenvalue weighted by atomic mass is 35.5. The van der Waals surface area contributed by atoms with Crippen LogP contribution in [0.5, 0.6) is 0 Å². The van der Waals surface area contributed by atoms with Crippen molar-refractivity contribution >= 4 is 29.2 Å². The number of benzene rings is 2. The number of nitrogens with one attached hydrogen (secondary N) is 2. The van der Waals surface area contributed by atoms with E-state index in [4.69, 9.17) is 16.3 Å². The van der Waals surface area contributed by atoms with Crippen molar-refractivity contribution in [1.29, 1.82) is 0 Å². The van der Waals surface area contributed by atoms with Crippen LogP contribution in [0.4, 0.5) is 11.6 Å². The fourth-order valence-electron chi connectivity index (χ4n) is 3.59. The lowest BCUT2D eigenvalue weighted by atomic mass is 9.92. The van der Waals surface area contributed by atoms with Crippen molar-refractivity contribution in [3.8, 4) is 11.3 Å². The maximum atomic E-state index is 12.7. The first-order valence-electron chi connectivity index (χ1n) is 9.18. The number of rotatable bonds is 3. The number of fused-ring (bicyclic) bond motifs is 2. The molecule has 11 heteroatoms. The first-order valence-corrected chi connectivity index (χ1v) is 9.56. The Labute approximate surface area is 179 Å². The molecule has 3 heterocycles. The first kappa shape index (κ1) is 18.9. The number of hydrogen-bond acceptors (Lipinski definition) is 8. The number of aromatic amines is 1. The minimum atomic E-state index is -0.562. The zero-order valence-corrected chi connectivity index (χ0v) is 16.8. The topological polar surface area (TPSA) is 128 Å². The fraction of sp³-hybridized carbons (Fsp3) is 0.100. The minimum Gasteiger partial charge on any atom is -0.465 e. The molecule has 1 aliphatic heterocycles. The number of hydrogen-bond donors (Lipinski definition) is 2. The van der Waals surface area contributed by atoms with Crippen LogP contribution in [0.15, 0.2) is 53.3 Å². The van der Waals surface area contributed by atoms with Gasteiger partial charge < -0.3 is 10.1 Å². The summed E-state index contributed by atoms with van der Waals surface area (Å²) in [5, 5.41) is 22.2. The molecule has 31 heavy (non-hydrogen) atoms. The second-order valence-corrected chi connectivity index (χ2v) is 7.22. The monoisotopic (exact) mass is 435 g/mol. The van der Waals surface area contributed by atoms with Gasteiger partial charge in [0.1, 0.15) is 11.7 Å². The third kappa shape index (κ3) is 3.13. The molecule has 0 bridgehead atoms. The number of carbonyl (C=O) groups is 1. The molecule has 10 nitrogen and oxygen atoms in total. The van der Waals surface area contributed by atoms with Gasteiger partial charge in [-0.2, -0.15) is 9.78 Å². The van der Waals surface area contributed by atoms with Crippen LogP contribution in [0.2, 0.25) is 5.02 Å². The van der Waals surface area contributed by atoms with Crippen LogP contribution in [0, 0.1) is 0 Å². The third-order valence-electron chi connectivity index (χ3n) is 5.03. The molecule has 1 aliphatic rings. The number of esters is 1. The van der Waals surface area contributed by atoms with Crippen molar-refractivity contribution in [1.82, 2.24) is 30.4 Å².